The lowest BCUT2D eigenvalue weighted by atomic mass is 9.92. The van der Waals surface area contributed by atoms with Crippen LogP contribution in [0.4, 0.5) is 11.4 Å². The van der Waals surface area contributed by atoms with Crippen LogP contribution in [0.25, 0.3) is 0 Å². The molecule has 0 bridgehead atoms. The van der Waals surface area contributed by atoms with Crippen molar-refractivity contribution in [3.63, 3.8) is 0 Å². The number of carbonyl (C=O) groups is 1. The molecular formula is C21H27N3O. The fourth-order valence-electron chi connectivity index (χ4n) is 2.99. The summed E-state index contributed by atoms with van der Waals surface area (Å²) in [5, 5.41) is 6.54. The average Bonchev–Trinajstić information content (AvgIpc) is 3.38. The summed E-state index contributed by atoms with van der Waals surface area (Å²) >= 11 is 0. The standard InChI is InChI=1S/C21H27N3O/c1-13(2)18-6-5-7-19(14(3)4)20(18)24-21(25)15-10-17(12-22-11-15)23-16-8-9-16/h5-7,10-14,16,23H,8-9H2,1-4H3,(H,24,25). The minimum absolute atomic E-state index is 0.109. The lowest BCUT2D eigenvalue weighted by molar-refractivity contribution is 0.102. The van der Waals surface area contributed by atoms with Gasteiger partial charge in [-0.05, 0) is 41.9 Å². The maximum Gasteiger partial charge on any atom is 0.257 e. The Hall–Kier alpha value is -2.36. The zero-order chi connectivity index (χ0) is 18.0. The van der Waals surface area contributed by atoms with Gasteiger partial charge >= 0.3 is 0 Å². The van der Waals surface area contributed by atoms with Crippen molar-refractivity contribution < 1.29 is 4.79 Å². The Morgan fingerprint density at radius 1 is 1.08 bits per heavy atom. The molecule has 0 saturated heterocycles. The van der Waals surface area contributed by atoms with Gasteiger partial charge in [0, 0.05) is 24.1 Å². The minimum Gasteiger partial charge on any atom is -0.381 e. The molecular weight excluding hydrogens is 310 g/mol. The average molecular weight is 337 g/mol. The number of nitrogens with one attached hydrogen (secondary N) is 2. The smallest absolute Gasteiger partial charge is 0.257 e. The molecule has 1 heterocycles. The molecule has 0 spiro atoms. The van der Waals surface area contributed by atoms with Crippen molar-refractivity contribution in [3.8, 4) is 0 Å². The Morgan fingerprint density at radius 3 is 2.28 bits per heavy atom. The van der Waals surface area contributed by atoms with Gasteiger partial charge in [-0.3, -0.25) is 9.78 Å². The third-order valence-electron chi connectivity index (χ3n) is 4.56. The van der Waals surface area contributed by atoms with Crippen LogP contribution in [0, 0.1) is 0 Å². The second-order valence-electron chi connectivity index (χ2n) is 7.46. The molecule has 4 heteroatoms. The fraction of sp³-hybridized carbons (Fsp3) is 0.429. The number of anilines is 2. The predicted molar refractivity (Wildman–Crippen MR) is 103 cm³/mol. The van der Waals surface area contributed by atoms with Gasteiger partial charge in [-0.25, -0.2) is 0 Å². The van der Waals surface area contributed by atoms with Crippen LogP contribution >= 0.6 is 0 Å². The molecule has 1 aliphatic rings. The highest BCUT2D eigenvalue weighted by atomic mass is 16.1. The van der Waals surface area contributed by atoms with Gasteiger partial charge in [0.15, 0.2) is 0 Å². The van der Waals surface area contributed by atoms with Crippen molar-refractivity contribution in [3.05, 3.63) is 53.3 Å². The van der Waals surface area contributed by atoms with Gasteiger partial charge in [-0.1, -0.05) is 45.9 Å². The van der Waals surface area contributed by atoms with E-state index in [-0.39, 0.29) is 5.91 Å². The molecule has 4 nitrogen and oxygen atoms in total. The molecule has 1 aliphatic carbocycles. The number of nitrogens with zero attached hydrogens (tertiary/aromatic N) is 1. The van der Waals surface area contributed by atoms with E-state index in [2.05, 4.69) is 61.5 Å². The van der Waals surface area contributed by atoms with Gasteiger partial charge in [-0.2, -0.15) is 0 Å². The van der Waals surface area contributed by atoms with E-state index < -0.39 is 0 Å². The molecule has 25 heavy (non-hydrogen) atoms. The summed E-state index contributed by atoms with van der Waals surface area (Å²) in [5.41, 5.74) is 4.77. The minimum atomic E-state index is -0.109. The van der Waals surface area contributed by atoms with E-state index in [1.54, 1.807) is 12.4 Å². The number of benzene rings is 1. The van der Waals surface area contributed by atoms with Crippen LogP contribution in [0.15, 0.2) is 36.7 Å². The Labute approximate surface area is 150 Å². The molecule has 1 saturated carbocycles. The summed E-state index contributed by atoms with van der Waals surface area (Å²) in [5.74, 6) is 0.576. The number of rotatable bonds is 6. The van der Waals surface area contributed by atoms with Crippen molar-refractivity contribution in [2.45, 2.75) is 58.4 Å². The monoisotopic (exact) mass is 337 g/mol. The van der Waals surface area contributed by atoms with Crippen LogP contribution in [0.3, 0.4) is 0 Å². The predicted octanol–water partition coefficient (Wildman–Crippen LogP) is 5.16. The molecule has 1 aromatic heterocycles. The summed E-state index contributed by atoms with van der Waals surface area (Å²) in [6, 6.07) is 8.68. The number of hydrogen-bond acceptors (Lipinski definition) is 3. The molecule has 1 aromatic carbocycles. The third-order valence-corrected chi connectivity index (χ3v) is 4.56. The van der Waals surface area contributed by atoms with Gasteiger partial charge in [0.1, 0.15) is 0 Å². The van der Waals surface area contributed by atoms with Crippen LogP contribution in [-0.2, 0) is 0 Å². The fourth-order valence-corrected chi connectivity index (χ4v) is 2.99. The first-order chi connectivity index (χ1) is 12.0. The molecule has 0 unspecified atom stereocenters. The highest BCUT2D eigenvalue weighted by molar-refractivity contribution is 6.05. The maximum absolute atomic E-state index is 12.8. The number of amides is 1. The van der Waals surface area contributed by atoms with E-state index in [9.17, 15) is 4.79 Å². The van der Waals surface area contributed by atoms with E-state index in [1.165, 1.54) is 24.0 Å². The van der Waals surface area contributed by atoms with Crippen molar-refractivity contribution >= 4 is 17.3 Å². The Balaban J connectivity index is 1.87. The van der Waals surface area contributed by atoms with Crippen LogP contribution in [0.5, 0.6) is 0 Å². The number of hydrogen-bond donors (Lipinski definition) is 2. The normalized spacial score (nSPS) is 14.0. The third kappa shape index (κ3) is 4.19. The molecule has 0 atom stereocenters. The topological polar surface area (TPSA) is 54.0 Å². The first-order valence-electron chi connectivity index (χ1n) is 9.11. The summed E-state index contributed by atoms with van der Waals surface area (Å²) in [4.78, 5) is 17.1. The largest absolute Gasteiger partial charge is 0.381 e. The van der Waals surface area contributed by atoms with E-state index in [1.807, 2.05) is 6.07 Å². The van der Waals surface area contributed by atoms with E-state index in [0.717, 1.165) is 11.4 Å². The molecule has 132 valence electrons. The first kappa shape index (κ1) is 17.5. The second-order valence-corrected chi connectivity index (χ2v) is 7.46. The SMILES string of the molecule is CC(C)c1cccc(C(C)C)c1NC(=O)c1cncc(NC2CC2)c1. The summed E-state index contributed by atoms with van der Waals surface area (Å²) in [7, 11) is 0. The molecule has 0 aliphatic heterocycles. The van der Waals surface area contributed by atoms with Crippen molar-refractivity contribution in [2.24, 2.45) is 0 Å². The van der Waals surface area contributed by atoms with Gasteiger partial charge in [0.25, 0.3) is 5.91 Å². The molecule has 1 amide bonds. The highest BCUT2D eigenvalue weighted by Gasteiger charge is 2.21. The number of para-hydroxylation sites is 1. The van der Waals surface area contributed by atoms with Crippen molar-refractivity contribution in [1.29, 1.82) is 0 Å². The molecule has 3 rings (SSSR count). The number of pyridine rings is 1. The highest BCUT2D eigenvalue weighted by Crippen LogP contribution is 2.33. The number of carbonyl (C=O) groups excluding carboxylic acids is 1. The summed E-state index contributed by atoms with van der Waals surface area (Å²) in [6.45, 7) is 8.60. The lowest BCUT2D eigenvalue weighted by Gasteiger charge is -2.20. The second kappa shape index (κ2) is 7.26. The van der Waals surface area contributed by atoms with Gasteiger partial charge < -0.3 is 10.6 Å². The van der Waals surface area contributed by atoms with Crippen LogP contribution in [0.2, 0.25) is 0 Å². The lowest BCUT2D eigenvalue weighted by Crippen LogP contribution is -2.16. The zero-order valence-electron chi connectivity index (χ0n) is 15.5. The molecule has 1 fully saturated rings. The molecule has 2 N–H and O–H groups in total. The van der Waals surface area contributed by atoms with E-state index in [0.29, 0.717) is 23.4 Å². The van der Waals surface area contributed by atoms with Gasteiger partial charge in [0.2, 0.25) is 0 Å². The first-order valence-corrected chi connectivity index (χ1v) is 9.11. The summed E-state index contributed by atoms with van der Waals surface area (Å²) < 4.78 is 0. The van der Waals surface area contributed by atoms with Crippen LogP contribution < -0.4 is 10.6 Å². The van der Waals surface area contributed by atoms with E-state index >= 15 is 0 Å². The number of aromatic nitrogens is 1. The van der Waals surface area contributed by atoms with E-state index in [4.69, 9.17) is 0 Å². The van der Waals surface area contributed by atoms with Crippen LogP contribution in [-0.4, -0.2) is 16.9 Å². The maximum atomic E-state index is 12.8. The van der Waals surface area contributed by atoms with Crippen LogP contribution in [0.1, 0.15) is 73.9 Å². The zero-order valence-corrected chi connectivity index (χ0v) is 15.5. The Kier molecular flexibility index (Phi) is 5.07. The van der Waals surface area contributed by atoms with Crippen molar-refractivity contribution in [1.82, 2.24) is 4.98 Å². The molecule has 0 radical (unpaired) electrons. The van der Waals surface area contributed by atoms with Gasteiger partial charge in [0.05, 0.1) is 11.3 Å². The van der Waals surface area contributed by atoms with Gasteiger partial charge in [-0.15, -0.1) is 0 Å². The Bertz CT molecular complexity index is 737. The summed E-state index contributed by atoms with van der Waals surface area (Å²) in [6.07, 6.45) is 5.78. The quantitative estimate of drug-likeness (QED) is 0.766. The van der Waals surface area contributed by atoms with Crippen molar-refractivity contribution in [2.75, 3.05) is 10.6 Å². The Morgan fingerprint density at radius 2 is 1.72 bits per heavy atom. The molecule has 2 aromatic rings.